The third-order valence-electron chi connectivity index (χ3n) is 3.26. The van der Waals surface area contributed by atoms with Gasteiger partial charge in [-0.05, 0) is 34.1 Å². The normalized spacial score (nSPS) is 12.8. The molecule has 0 aromatic heterocycles. The molecule has 0 fully saturated rings. The molecule has 0 aliphatic carbocycles. The van der Waals surface area contributed by atoms with E-state index in [4.69, 9.17) is 9.84 Å². The van der Waals surface area contributed by atoms with Gasteiger partial charge in [0.15, 0.2) is 0 Å². The summed E-state index contributed by atoms with van der Waals surface area (Å²) in [6.07, 6.45) is 1.00. The van der Waals surface area contributed by atoms with Crippen molar-refractivity contribution < 1.29 is 14.6 Å². The van der Waals surface area contributed by atoms with Gasteiger partial charge in [0.05, 0.1) is 12.0 Å². The molecular formula is C12H25NO3. The maximum atomic E-state index is 11.1. The molecule has 0 bridgehead atoms. The zero-order valence-corrected chi connectivity index (χ0v) is 11.1. The van der Waals surface area contributed by atoms with E-state index in [1.54, 1.807) is 13.8 Å². The van der Waals surface area contributed by atoms with Crippen molar-refractivity contribution in [2.24, 2.45) is 5.41 Å². The van der Waals surface area contributed by atoms with Gasteiger partial charge in [-0.15, -0.1) is 0 Å². The number of rotatable bonds is 8. The van der Waals surface area contributed by atoms with E-state index in [0.29, 0.717) is 13.2 Å². The van der Waals surface area contributed by atoms with Crippen molar-refractivity contribution >= 4 is 5.97 Å². The lowest BCUT2D eigenvalue weighted by Gasteiger charge is -2.39. The van der Waals surface area contributed by atoms with Crippen LogP contribution >= 0.6 is 0 Å². The summed E-state index contributed by atoms with van der Waals surface area (Å²) in [6, 6.07) is 0. The predicted octanol–water partition coefficient (Wildman–Crippen LogP) is 1.89. The Morgan fingerprint density at radius 1 is 1.25 bits per heavy atom. The van der Waals surface area contributed by atoms with Gasteiger partial charge in [0.25, 0.3) is 0 Å². The molecule has 0 heterocycles. The Hall–Kier alpha value is -0.610. The highest BCUT2D eigenvalue weighted by Crippen LogP contribution is 2.30. The second kappa shape index (κ2) is 6.21. The molecule has 0 spiro atoms. The van der Waals surface area contributed by atoms with E-state index < -0.39 is 16.9 Å². The van der Waals surface area contributed by atoms with Gasteiger partial charge < -0.3 is 15.2 Å². The van der Waals surface area contributed by atoms with E-state index in [0.717, 1.165) is 13.0 Å². The van der Waals surface area contributed by atoms with E-state index in [2.05, 4.69) is 12.2 Å². The number of carbonyl (C=O) groups is 1. The highest BCUT2D eigenvalue weighted by atomic mass is 16.5. The number of carboxylic acid groups (broad SMARTS) is 1. The molecule has 0 radical (unpaired) electrons. The van der Waals surface area contributed by atoms with Crippen LogP contribution in [0, 0.1) is 5.41 Å². The molecule has 0 unspecified atom stereocenters. The van der Waals surface area contributed by atoms with Gasteiger partial charge in [0, 0.05) is 18.7 Å². The second-order valence-electron chi connectivity index (χ2n) is 5.09. The topological polar surface area (TPSA) is 58.6 Å². The summed E-state index contributed by atoms with van der Waals surface area (Å²) in [5.74, 6) is -0.792. The fourth-order valence-corrected chi connectivity index (χ4v) is 1.17. The van der Waals surface area contributed by atoms with Crippen molar-refractivity contribution in [3.63, 3.8) is 0 Å². The summed E-state index contributed by atoms with van der Waals surface area (Å²) < 4.78 is 5.34. The van der Waals surface area contributed by atoms with Crippen molar-refractivity contribution in [2.45, 2.75) is 46.6 Å². The molecule has 0 amide bonds. The maximum absolute atomic E-state index is 11.1. The summed E-state index contributed by atoms with van der Waals surface area (Å²) in [7, 11) is 0. The van der Waals surface area contributed by atoms with Gasteiger partial charge in [0.2, 0.25) is 0 Å². The molecule has 0 aromatic carbocycles. The van der Waals surface area contributed by atoms with Gasteiger partial charge in [-0.1, -0.05) is 6.92 Å². The Kier molecular flexibility index (Phi) is 5.97. The maximum Gasteiger partial charge on any atom is 0.310 e. The highest BCUT2D eigenvalue weighted by molar-refractivity contribution is 5.75. The molecule has 16 heavy (non-hydrogen) atoms. The lowest BCUT2D eigenvalue weighted by Crippen LogP contribution is -2.55. The monoisotopic (exact) mass is 231 g/mol. The summed E-state index contributed by atoms with van der Waals surface area (Å²) in [6.45, 7) is 11.4. The van der Waals surface area contributed by atoms with E-state index in [9.17, 15) is 4.79 Å². The molecule has 0 saturated heterocycles. The molecule has 0 aliphatic rings. The largest absolute Gasteiger partial charge is 0.481 e. The van der Waals surface area contributed by atoms with E-state index in [1.807, 2.05) is 13.8 Å². The molecule has 0 saturated carbocycles. The minimum absolute atomic E-state index is 0.464. The Balaban J connectivity index is 4.09. The fraction of sp³-hybridized carbons (Fsp3) is 0.917. The smallest absolute Gasteiger partial charge is 0.310 e. The van der Waals surface area contributed by atoms with Crippen LogP contribution in [0.4, 0.5) is 0 Å². The zero-order chi connectivity index (χ0) is 12.8. The van der Waals surface area contributed by atoms with Crippen molar-refractivity contribution in [3.8, 4) is 0 Å². The van der Waals surface area contributed by atoms with Crippen LogP contribution in [0.5, 0.6) is 0 Å². The molecule has 0 aromatic rings. The van der Waals surface area contributed by atoms with Crippen molar-refractivity contribution in [2.75, 3.05) is 19.8 Å². The minimum atomic E-state index is -0.808. The Morgan fingerprint density at radius 2 is 1.81 bits per heavy atom. The lowest BCUT2D eigenvalue weighted by molar-refractivity contribution is -0.151. The van der Waals surface area contributed by atoms with Gasteiger partial charge in [-0.3, -0.25) is 4.79 Å². The predicted molar refractivity (Wildman–Crippen MR) is 64.6 cm³/mol. The fourth-order valence-electron chi connectivity index (χ4n) is 1.17. The number of hydrogen-bond donors (Lipinski definition) is 2. The van der Waals surface area contributed by atoms with Gasteiger partial charge in [0.1, 0.15) is 0 Å². The van der Waals surface area contributed by atoms with Gasteiger partial charge in [-0.25, -0.2) is 0 Å². The quantitative estimate of drug-likeness (QED) is 0.626. The van der Waals surface area contributed by atoms with Gasteiger partial charge in [-0.2, -0.15) is 0 Å². The Labute approximate surface area is 98.4 Å². The van der Waals surface area contributed by atoms with E-state index >= 15 is 0 Å². The SMILES string of the molecule is CCCOCCNC(C)(C)C(C)(C)C(=O)O. The zero-order valence-electron chi connectivity index (χ0n) is 11.1. The number of aliphatic carboxylic acids is 1. The average molecular weight is 231 g/mol. The van der Waals surface area contributed by atoms with Crippen LogP contribution in [0.15, 0.2) is 0 Å². The molecule has 4 heteroatoms. The van der Waals surface area contributed by atoms with Crippen LogP contribution in [0.1, 0.15) is 41.0 Å². The second-order valence-corrected chi connectivity index (χ2v) is 5.09. The highest BCUT2D eigenvalue weighted by Gasteiger charge is 2.42. The van der Waals surface area contributed by atoms with Crippen molar-refractivity contribution in [1.82, 2.24) is 5.32 Å². The molecule has 0 rings (SSSR count). The first-order valence-electron chi connectivity index (χ1n) is 5.82. The lowest BCUT2D eigenvalue weighted by atomic mass is 9.74. The first kappa shape index (κ1) is 15.4. The summed E-state index contributed by atoms with van der Waals surface area (Å²) >= 11 is 0. The first-order chi connectivity index (χ1) is 7.25. The van der Waals surface area contributed by atoms with Crippen LogP contribution < -0.4 is 5.32 Å². The number of ether oxygens (including phenoxy) is 1. The van der Waals surface area contributed by atoms with E-state index in [1.165, 1.54) is 0 Å². The van der Waals surface area contributed by atoms with Crippen LogP contribution in [-0.2, 0) is 9.53 Å². The molecule has 4 nitrogen and oxygen atoms in total. The minimum Gasteiger partial charge on any atom is -0.481 e. The number of nitrogens with one attached hydrogen (secondary N) is 1. The number of carboxylic acids is 1. The third-order valence-corrected chi connectivity index (χ3v) is 3.26. The summed E-state index contributed by atoms with van der Waals surface area (Å²) in [5.41, 5.74) is -1.27. The standard InChI is InChI=1S/C12H25NO3/c1-6-8-16-9-7-13-12(4,5)11(2,3)10(14)15/h13H,6-9H2,1-5H3,(H,14,15). The van der Waals surface area contributed by atoms with Crippen LogP contribution in [0.25, 0.3) is 0 Å². The summed E-state index contributed by atoms with van der Waals surface area (Å²) in [5, 5.41) is 12.4. The summed E-state index contributed by atoms with van der Waals surface area (Å²) in [4.78, 5) is 11.1. The van der Waals surface area contributed by atoms with Crippen LogP contribution in [-0.4, -0.2) is 36.4 Å². The molecular weight excluding hydrogens is 206 g/mol. The Morgan fingerprint density at radius 3 is 2.25 bits per heavy atom. The Bertz CT molecular complexity index is 224. The third kappa shape index (κ3) is 4.10. The van der Waals surface area contributed by atoms with Crippen LogP contribution in [0.2, 0.25) is 0 Å². The molecule has 96 valence electrons. The van der Waals surface area contributed by atoms with E-state index in [-0.39, 0.29) is 0 Å². The molecule has 0 atom stereocenters. The van der Waals surface area contributed by atoms with Gasteiger partial charge >= 0.3 is 5.97 Å². The number of hydrogen-bond acceptors (Lipinski definition) is 3. The van der Waals surface area contributed by atoms with Crippen molar-refractivity contribution in [1.29, 1.82) is 0 Å². The van der Waals surface area contributed by atoms with Crippen molar-refractivity contribution in [3.05, 3.63) is 0 Å². The average Bonchev–Trinajstić information content (AvgIpc) is 2.16. The van der Waals surface area contributed by atoms with Crippen LogP contribution in [0.3, 0.4) is 0 Å². The first-order valence-corrected chi connectivity index (χ1v) is 5.82. The molecule has 2 N–H and O–H groups in total. The molecule has 0 aliphatic heterocycles.